The lowest BCUT2D eigenvalue weighted by molar-refractivity contribution is -0.429. The second-order valence-corrected chi connectivity index (χ2v) is 13.4. The first kappa shape index (κ1) is 27.8. The monoisotopic (exact) mass is 530 g/mol. The first-order chi connectivity index (χ1) is 17.5. The first-order valence-electron chi connectivity index (χ1n) is 11.2. The Kier molecular flexibility index (Phi) is 8.32. The minimum atomic E-state index is -2.58. The molecule has 0 saturated carbocycles. The van der Waals surface area contributed by atoms with Gasteiger partial charge in [-0.15, -0.1) is 0 Å². The van der Waals surface area contributed by atoms with Gasteiger partial charge in [0.25, 0.3) is 5.70 Å². The minimum Gasteiger partial charge on any atom is -0.497 e. The van der Waals surface area contributed by atoms with Gasteiger partial charge in [0.05, 0.1) is 31.8 Å². The normalized spacial score (nSPS) is 14.5. The van der Waals surface area contributed by atoms with Crippen molar-refractivity contribution in [1.29, 1.82) is 5.26 Å². The maximum absolute atomic E-state index is 12.4. The molecule has 12 heteroatoms. The van der Waals surface area contributed by atoms with Crippen LogP contribution < -0.4 is 23.7 Å². The highest BCUT2D eigenvalue weighted by atomic mass is 28.4. The maximum atomic E-state index is 12.4. The number of nitro groups is 1. The van der Waals surface area contributed by atoms with Gasteiger partial charge in [0, 0.05) is 30.4 Å². The van der Waals surface area contributed by atoms with Crippen molar-refractivity contribution in [2.24, 2.45) is 0 Å². The molecule has 0 radical (unpaired) electrons. The molecule has 0 amide bonds. The molecule has 0 aliphatic carbocycles. The quantitative estimate of drug-likeness (QED) is 0.179. The zero-order valence-corrected chi connectivity index (χ0v) is 22.9. The van der Waals surface area contributed by atoms with E-state index >= 15 is 0 Å². The van der Waals surface area contributed by atoms with Crippen molar-refractivity contribution in [2.75, 3.05) is 41.8 Å². The van der Waals surface area contributed by atoms with Crippen LogP contribution in [0.3, 0.4) is 0 Å². The van der Waals surface area contributed by atoms with E-state index in [2.05, 4.69) is 6.07 Å². The number of nitrogens with zero attached hydrogens (tertiary/aromatic N) is 2. The molecule has 1 atom stereocenters. The lowest BCUT2D eigenvalue weighted by atomic mass is 9.80. The lowest BCUT2D eigenvalue weighted by Gasteiger charge is -2.38. The molecule has 3 rings (SSSR count). The summed E-state index contributed by atoms with van der Waals surface area (Å²) in [5, 5.41) is 23.2. The lowest BCUT2D eigenvalue weighted by Crippen LogP contribution is -2.43. The Labute approximate surface area is 216 Å². The molecule has 0 aromatic heterocycles. The highest BCUT2D eigenvalue weighted by Gasteiger charge is 2.51. The number of hydrogen-bond donors (Lipinski definition) is 0. The van der Waals surface area contributed by atoms with E-state index in [4.69, 9.17) is 32.8 Å². The topological polar surface area (TPSA) is 132 Å². The average Bonchev–Trinajstić information content (AvgIpc) is 2.88. The van der Waals surface area contributed by atoms with E-state index < -0.39 is 25.4 Å². The van der Waals surface area contributed by atoms with Crippen LogP contribution in [0.1, 0.15) is 11.1 Å². The van der Waals surface area contributed by atoms with Crippen LogP contribution in [0.25, 0.3) is 5.57 Å². The Bertz CT molecular complexity index is 1250. The van der Waals surface area contributed by atoms with Gasteiger partial charge in [-0.1, -0.05) is 0 Å². The fourth-order valence-electron chi connectivity index (χ4n) is 4.09. The van der Waals surface area contributed by atoms with E-state index in [1.165, 1.54) is 28.4 Å². The van der Waals surface area contributed by atoms with Gasteiger partial charge in [-0.05, 0) is 37.8 Å². The zero-order valence-electron chi connectivity index (χ0n) is 21.9. The predicted octanol–water partition coefficient (Wildman–Crippen LogP) is 4.35. The standard InChI is InChI=1S/C25H30N2O9Si/c1-30-15-35-21-10-16(31-2)8-9-18(21)25(14-26,36-37(5,6)7)24-17-11-22(32-3)23(33-4)12-20(17)34-13-19(24)27(28)29/h8-12H,13,15H2,1-7H3. The molecule has 37 heavy (non-hydrogen) atoms. The van der Waals surface area contributed by atoms with Crippen LogP contribution in [0.5, 0.6) is 28.7 Å². The maximum Gasteiger partial charge on any atom is 0.291 e. The SMILES string of the molecule is COCOc1cc(OC)ccc1C(C#N)(O[Si](C)(C)C)C1=C([N+](=O)[O-])COc2cc(OC)c(OC)cc21. The van der Waals surface area contributed by atoms with E-state index in [1.807, 2.05) is 19.6 Å². The number of methoxy groups -OCH3 is 4. The Morgan fingerprint density at radius 2 is 1.73 bits per heavy atom. The predicted molar refractivity (Wildman–Crippen MR) is 136 cm³/mol. The first-order valence-corrected chi connectivity index (χ1v) is 14.6. The van der Waals surface area contributed by atoms with E-state index in [0.717, 1.165) is 0 Å². The number of benzene rings is 2. The van der Waals surface area contributed by atoms with Gasteiger partial charge in [-0.2, -0.15) is 5.26 Å². The smallest absolute Gasteiger partial charge is 0.291 e. The summed E-state index contributed by atoms with van der Waals surface area (Å²) in [5.74, 6) is 1.62. The Balaban J connectivity index is 2.48. The van der Waals surface area contributed by atoms with E-state index in [9.17, 15) is 15.4 Å². The zero-order chi connectivity index (χ0) is 27.4. The third-order valence-corrected chi connectivity index (χ3v) is 6.42. The number of ether oxygens (including phenoxy) is 6. The van der Waals surface area contributed by atoms with E-state index in [1.54, 1.807) is 30.3 Å². The van der Waals surface area contributed by atoms with Crippen molar-refractivity contribution in [1.82, 2.24) is 0 Å². The van der Waals surface area contributed by atoms with Gasteiger partial charge in [0.2, 0.25) is 5.60 Å². The molecule has 0 spiro atoms. The molecule has 2 aromatic rings. The van der Waals surface area contributed by atoms with Gasteiger partial charge in [-0.3, -0.25) is 10.1 Å². The molecule has 2 aromatic carbocycles. The van der Waals surface area contributed by atoms with Crippen LogP contribution >= 0.6 is 0 Å². The Hall–Kier alpha value is -3.79. The molecule has 1 aliphatic heterocycles. The van der Waals surface area contributed by atoms with Crippen molar-refractivity contribution in [2.45, 2.75) is 25.2 Å². The molecular formula is C25H30N2O9Si. The molecule has 11 nitrogen and oxygen atoms in total. The number of hydrogen-bond acceptors (Lipinski definition) is 10. The summed E-state index contributed by atoms with van der Waals surface area (Å²) >= 11 is 0. The molecule has 1 aliphatic rings. The second-order valence-electron chi connectivity index (χ2n) is 8.99. The van der Waals surface area contributed by atoms with Gasteiger partial charge < -0.3 is 32.8 Å². The molecule has 0 bridgehead atoms. The van der Waals surface area contributed by atoms with Crippen LogP contribution in [0.4, 0.5) is 0 Å². The Morgan fingerprint density at radius 3 is 2.27 bits per heavy atom. The van der Waals surface area contributed by atoms with Crippen molar-refractivity contribution in [3.05, 3.63) is 57.3 Å². The second kappa shape index (κ2) is 11.1. The summed E-state index contributed by atoms with van der Waals surface area (Å²) < 4.78 is 39.4. The third kappa shape index (κ3) is 5.48. The van der Waals surface area contributed by atoms with Gasteiger partial charge >= 0.3 is 0 Å². The summed E-state index contributed by atoms with van der Waals surface area (Å²) in [6.45, 7) is 5.13. The number of fused-ring (bicyclic) bond motifs is 1. The minimum absolute atomic E-state index is 0.0251. The van der Waals surface area contributed by atoms with Gasteiger partial charge in [-0.25, -0.2) is 0 Å². The fourth-order valence-corrected chi connectivity index (χ4v) is 5.26. The summed E-state index contributed by atoms with van der Waals surface area (Å²) in [6, 6.07) is 10.2. The largest absolute Gasteiger partial charge is 0.497 e. The van der Waals surface area contributed by atoms with Crippen molar-refractivity contribution < 1.29 is 37.8 Å². The molecule has 1 heterocycles. The van der Waals surface area contributed by atoms with Crippen LogP contribution in [-0.4, -0.2) is 55.1 Å². The molecular weight excluding hydrogens is 500 g/mol. The van der Waals surface area contributed by atoms with E-state index in [0.29, 0.717) is 17.2 Å². The van der Waals surface area contributed by atoms with Crippen molar-refractivity contribution >= 4 is 13.9 Å². The summed E-state index contributed by atoms with van der Waals surface area (Å²) in [6.07, 6.45) is 0. The van der Waals surface area contributed by atoms with E-state index in [-0.39, 0.29) is 40.7 Å². The summed E-state index contributed by atoms with van der Waals surface area (Å²) in [4.78, 5) is 11.8. The average molecular weight is 531 g/mol. The molecule has 1 unspecified atom stereocenters. The highest BCUT2D eigenvalue weighted by molar-refractivity contribution is 6.70. The number of rotatable bonds is 11. The van der Waals surface area contributed by atoms with Gasteiger partial charge in [0.15, 0.2) is 33.2 Å². The van der Waals surface area contributed by atoms with Crippen molar-refractivity contribution in [3.63, 3.8) is 0 Å². The van der Waals surface area contributed by atoms with Crippen LogP contribution in [0.15, 0.2) is 36.0 Å². The van der Waals surface area contributed by atoms with Crippen LogP contribution in [0, 0.1) is 21.4 Å². The number of nitriles is 1. The van der Waals surface area contributed by atoms with Crippen LogP contribution in [0.2, 0.25) is 19.6 Å². The summed E-state index contributed by atoms with van der Waals surface area (Å²) in [7, 11) is 3.29. The molecule has 0 N–H and O–H groups in total. The fraction of sp³-hybridized carbons (Fsp3) is 0.400. The van der Waals surface area contributed by atoms with Gasteiger partial charge in [0.1, 0.15) is 23.3 Å². The molecule has 198 valence electrons. The molecule has 0 fully saturated rings. The van der Waals surface area contributed by atoms with Crippen molar-refractivity contribution in [3.8, 4) is 34.8 Å². The van der Waals surface area contributed by atoms with Crippen LogP contribution in [-0.2, 0) is 14.8 Å². The molecule has 0 saturated heterocycles. The Morgan fingerprint density at radius 1 is 1.05 bits per heavy atom. The summed E-state index contributed by atoms with van der Waals surface area (Å²) in [5.41, 5.74) is -1.73. The third-order valence-electron chi connectivity index (χ3n) is 5.50. The highest BCUT2D eigenvalue weighted by Crippen LogP contribution is 2.52.